The third-order valence-corrected chi connectivity index (χ3v) is 4.16. The van der Waals surface area contributed by atoms with Gasteiger partial charge in [-0.2, -0.15) is 5.10 Å². The van der Waals surface area contributed by atoms with E-state index in [4.69, 9.17) is 13.9 Å². The zero-order chi connectivity index (χ0) is 17.1. The van der Waals surface area contributed by atoms with Gasteiger partial charge in [0.15, 0.2) is 11.5 Å². The Kier molecular flexibility index (Phi) is 4.43. The van der Waals surface area contributed by atoms with Crippen LogP contribution in [0.4, 0.5) is 0 Å². The minimum atomic E-state index is 0.583. The average molecular weight is 339 g/mol. The Hall–Kier alpha value is -2.73. The number of furan rings is 1. The zero-order valence-corrected chi connectivity index (χ0v) is 14.2. The average Bonchev–Trinajstić information content (AvgIpc) is 3.28. The highest BCUT2D eigenvalue weighted by Crippen LogP contribution is 2.35. The molecule has 6 heteroatoms. The zero-order valence-electron chi connectivity index (χ0n) is 14.2. The van der Waals surface area contributed by atoms with E-state index in [0.29, 0.717) is 13.2 Å². The summed E-state index contributed by atoms with van der Waals surface area (Å²) in [4.78, 5) is 0. The molecule has 6 nitrogen and oxygen atoms in total. The number of aromatic nitrogens is 2. The molecule has 0 amide bonds. The minimum absolute atomic E-state index is 0.583. The molecule has 0 radical (unpaired) electrons. The van der Waals surface area contributed by atoms with Crippen LogP contribution >= 0.6 is 0 Å². The fraction of sp³-hybridized carbons (Fsp3) is 0.316. The molecular weight excluding hydrogens is 318 g/mol. The number of nitrogens with one attached hydrogen (secondary N) is 1. The quantitative estimate of drug-likeness (QED) is 0.700. The van der Waals surface area contributed by atoms with E-state index in [0.717, 1.165) is 53.6 Å². The lowest BCUT2D eigenvalue weighted by Crippen LogP contribution is -2.17. The predicted octanol–water partition coefficient (Wildman–Crippen LogP) is 2.78. The molecule has 130 valence electrons. The summed E-state index contributed by atoms with van der Waals surface area (Å²) in [6, 6.07) is 9.89. The maximum atomic E-state index is 5.69. The third-order valence-electron chi connectivity index (χ3n) is 4.16. The summed E-state index contributed by atoms with van der Waals surface area (Å²) < 4.78 is 18.5. The van der Waals surface area contributed by atoms with Gasteiger partial charge in [-0.15, -0.1) is 0 Å². The van der Waals surface area contributed by atoms with Gasteiger partial charge in [0.1, 0.15) is 19.0 Å². The predicted molar refractivity (Wildman–Crippen MR) is 93.8 cm³/mol. The summed E-state index contributed by atoms with van der Waals surface area (Å²) in [6.45, 7) is 2.78. The van der Waals surface area contributed by atoms with Gasteiger partial charge in [0, 0.05) is 43.9 Å². The Balaban J connectivity index is 1.47. The number of fused-ring (bicyclic) bond motifs is 1. The number of nitrogens with zero attached hydrogens (tertiary/aromatic N) is 2. The topological polar surface area (TPSA) is 61.5 Å². The van der Waals surface area contributed by atoms with Crippen LogP contribution in [0.2, 0.25) is 0 Å². The van der Waals surface area contributed by atoms with E-state index in [9.17, 15) is 0 Å². The molecule has 0 saturated carbocycles. The van der Waals surface area contributed by atoms with Crippen molar-refractivity contribution in [3.8, 4) is 22.8 Å². The highest BCUT2D eigenvalue weighted by molar-refractivity contribution is 5.66. The van der Waals surface area contributed by atoms with Crippen molar-refractivity contribution in [3.63, 3.8) is 0 Å². The Morgan fingerprint density at radius 2 is 2.04 bits per heavy atom. The van der Waals surface area contributed by atoms with Crippen molar-refractivity contribution in [3.05, 3.63) is 54.1 Å². The van der Waals surface area contributed by atoms with Crippen LogP contribution in [0, 0.1) is 0 Å². The minimum Gasteiger partial charge on any atom is -0.486 e. The van der Waals surface area contributed by atoms with Crippen LogP contribution in [-0.4, -0.2) is 29.5 Å². The summed E-state index contributed by atoms with van der Waals surface area (Å²) in [6.07, 6.45) is 4.62. The van der Waals surface area contributed by atoms with Crippen LogP contribution < -0.4 is 14.8 Å². The maximum absolute atomic E-state index is 5.69. The second kappa shape index (κ2) is 7.03. The van der Waals surface area contributed by atoms with Gasteiger partial charge in [0.25, 0.3) is 0 Å². The van der Waals surface area contributed by atoms with Crippen molar-refractivity contribution in [1.82, 2.24) is 15.1 Å². The van der Waals surface area contributed by atoms with Gasteiger partial charge < -0.3 is 19.2 Å². The number of hydrogen-bond donors (Lipinski definition) is 1. The monoisotopic (exact) mass is 339 g/mol. The van der Waals surface area contributed by atoms with Crippen LogP contribution in [0.1, 0.15) is 11.3 Å². The molecule has 1 aliphatic rings. The van der Waals surface area contributed by atoms with E-state index in [1.54, 1.807) is 6.26 Å². The Morgan fingerprint density at radius 1 is 1.16 bits per heavy atom. The molecule has 1 aliphatic heterocycles. The number of ether oxygens (including phenoxy) is 2. The first-order valence-corrected chi connectivity index (χ1v) is 8.45. The highest BCUT2D eigenvalue weighted by Gasteiger charge is 2.16. The number of benzene rings is 1. The van der Waals surface area contributed by atoms with Gasteiger partial charge in [0.05, 0.1) is 12.0 Å². The molecule has 1 aromatic carbocycles. The summed E-state index contributed by atoms with van der Waals surface area (Å²) in [5.41, 5.74) is 3.15. The van der Waals surface area contributed by atoms with Crippen LogP contribution in [-0.2, 0) is 20.0 Å². The van der Waals surface area contributed by atoms with E-state index < -0.39 is 0 Å². The van der Waals surface area contributed by atoms with Gasteiger partial charge in [-0.3, -0.25) is 4.68 Å². The first-order chi connectivity index (χ1) is 12.3. The van der Waals surface area contributed by atoms with Gasteiger partial charge in [0.2, 0.25) is 0 Å². The van der Waals surface area contributed by atoms with Gasteiger partial charge >= 0.3 is 0 Å². The highest BCUT2D eigenvalue weighted by atomic mass is 16.6. The molecule has 0 saturated heterocycles. The van der Waals surface area contributed by atoms with Gasteiger partial charge in [-0.05, 0) is 30.3 Å². The van der Waals surface area contributed by atoms with E-state index in [1.807, 2.05) is 48.3 Å². The largest absolute Gasteiger partial charge is 0.486 e. The fourth-order valence-electron chi connectivity index (χ4n) is 2.99. The molecule has 0 atom stereocenters. The Labute approximate surface area is 146 Å². The molecule has 0 fully saturated rings. The van der Waals surface area contributed by atoms with Crippen molar-refractivity contribution in [1.29, 1.82) is 0 Å². The van der Waals surface area contributed by atoms with E-state index in [2.05, 4.69) is 10.4 Å². The number of rotatable bonds is 6. The fourth-order valence-corrected chi connectivity index (χ4v) is 2.99. The lowest BCUT2D eigenvalue weighted by Gasteiger charge is -2.18. The molecule has 0 unspecified atom stereocenters. The second-order valence-electron chi connectivity index (χ2n) is 6.04. The first kappa shape index (κ1) is 15.8. The molecule has 0 spiro atoms. The number of hydrogen-bond acceptors (Lipinski definition) is 5. The molecule has 3 heterocycles. The van der Waals surface area contributed by atoms with Crippen molar-refractivity contribution < 1.29 is 13.9 Å². The van der Waals surface area contributed by atoms with Gasteiger partial charge in [-0.1, -0.05) is 0 Å². The molecular formula is C19H21N3O3. The lowest BCUT2D eigenvalue weighted by molar-refractivity contribution is 0.171. The molecule has 4 rings (SSSR count). The van der Waals surface area contributed by atoms with Crippen LogP contribution in [0.3, 0.4) is 0 Å². The standard InChI is InChI=1S/C19H21N3O3/c1-22-13-15(12-20-7-6-16-3-2-8-23-16)19(21-22)14-4-5-17-18(11-14)25-10-9-24-17/h2-5,8,11,13,20H,6-7,9-10,12H2,1H3. The SMILES string of the molecule is Cn1cc(CNCCc2ccco2)c(-c2ccc3c(c2)OCCO3)n1. The van der Waals surface area contributed by atoms with Crippen LogP contribution in [0.15, 0.2) is 47.2 Å². The number of aryl methyl sites for hydroxylation is 1. The summed E-state index contributed by atoms with van der Waals surface area (Å²) >= 11 is 0. The van der Waals surface area contributed by atoms with Crippen LogP contribution in [0.25, 0.3) is 11.3 Å². The van der Waals surface area contributed by atoms with E-state index in [-0.39, 0.29) is 0 Å². The molecule has 0 bridgehead atoms. The normalized spacial score (nSPS) is 13.2. The Bertz CT molecular complexity index is 840. The lowest BCUT2D eigenvalue weighted by atomic mass is 10.1. The molecule has 1 N–H and O–H groups in total. The van der Waals surface area contributed by atoms with E-state index in [1.165, 1.54) is 0 Å². The smallest absolute Gasteiger partial charge is 0.162 e. The summed E-state index contributed by atoms with van der Waals surface area (Å²) in [5, 5.41) is 8.08. The van der Waals surface area contributed by atoms with Gasteiger partial charge in [-0.25, -0.2) is 0 Å². The molecule has 2 aromatic heterocycles. The van der Waals surface area contributed by atoms with Crippen molar-refractivity contribution in [2.75, 3.05) is 19.8 Å². The Morgan fingerprint density at radius 3 is 2.88 bits per heavy atom. The van der Waals surface area contributed by atoms with Crippen molar-refractivity contribution in [2.45, 2.75) is 13.0 Å². The molecule has 25 heavy (non-hydrogen) atoms. The first-order valence-electron chi connectivity index (χ1n) is 8.45. The molecule has 0 aliphatic carbocycles. The van der Waals surface area contributed by atoms with E-state index >= 15 is 0 Å². The van der Waals surface area contributed by atoms with Crippen molar-refractivity contribution >= 4 is 0 Å². The summed E-state index contributed by atoms with van der Waals surface area (Å²) in [5.74, 6) is 2.57. The summed E-state index contributed by atoms with van der Waals surface area (Å²) in [7, 11) is 1.94. The maximum Gasteiger partial charge on any atom is 0.162 e. The third kappa shape index (κ3) is 3.53. The second-order valence-corrected chi connectivity index (χ2v) is 6.04. The van der Waals surface area contributed by atoms with Crippen LogP contribution in [0.5, 0.6) is 11.5 Å². The van der Waals surface area contributed by atoms with Crippen molar-refractivity contribution in [2.24, 2.45) is 7.05 Å². The molecule has 3 aromatic rings.